The molecular weight excluding hydrogens is 825 g/mol. The minimum atomic E-state index is -1.51. The Hall–Kier alpha value is -5.97. The summed E-state index contributed by atoms with van der Waals surface area (Å²) in [6.45, 7) is 8.75. The van der Waals surface area contributed by atoms with Crippen LogP contribution in [0.5, 0.6) is 23.0 Å². The van der Waals surface area contributed by atoms with Gasteiger partial charge in [-0.25, -0.2) is 4.79 Å². The molecular formula is C48H58N4O12. The number of aliphatic hydroxyl groups excluding tert-OH is 2. The van der Waals surface area contributed by atoms with Crippen molar-refractivity contribution in [2.24, 2.45) is 22.9 Å². The third kappa shape index (κ3) is 9.73. The number of oxime groups is 1. The molecule has 16 heteroatoms. The molecule has 16 nitrogen and oxygen atoms in total. The molecule has 342 valence electrons. The van der Waals surface area contributed by atoms with Crippen molar-refractivity contribution in [2.45, 2.75) is 89.6 Å². The van der Waals surface area contributed by atoms with E-state index in [-0.39, 0.29) is 69.0 Å². The first kappa shape index (κ1) is 46.0. The van der Waals surface area contributed by atoms with E-state index in [4.69, 9.17) is 33.7 Å². The van der Waals surface area contributed by atoms with E-state index in [1.807, 2.05) is 19.9 Å². The summed E-state index contributed by atoms with van der Waals surface area (Å²) < 4.78 is 31.4. The van der Waals surface area contributed by atoms with Crippen molar-refractivity contribution in [2.75, 3.05) is 39.7 Å². The third-order valence-corrected chi connectivity index (χ3v) is 12.5. The Kier molecular flexibility index (Phi) is 15.2. The number of nitro benzene ring substituents is 1. The van der Waals surface area contributed by atoms with Crippen LogP contribution in [0.15, 0.2) is 90.1 Å². The minimum Gasteiger partial charge on any atom is -0.459 e. The van der Waals surface area contributed by atoms with Gasteiger partial charge in [-0.1, -0.05) is 37.1 Å². The normalized spacial score (nSPS) is 23.2. The number of amides is 2. The quantitative estimate of drug-likeness (QED) is 0.0406. The lowest BCUT2D eigenvalue weighted by atomic mass is 9.55. The first-order valence-electron chi connectivity index (χ1n) is 22.3. The molecule has 0 bridgehead atoms. The number of hydrogen-bond acceptors (Lipinski definition) is 13. The first-order valence-corrected chi connectivity index (χ1v) is 22.3. The van der Waals surface area contributed by atoms with Crippen LogP contribution in [0, 0.1) is 27.9 Å². The Morgan fingerprint density at radius 3 is 2.47 bits per heavy atom. The fourth-order valence-corrected chi connectivity index (χ4v) is 9.73. The fourth-order valence-electron chi connectivity index (χ4n) is 9.73. The van der Waals surface area contributed by atoms with E-state index >= 15 is 4.79 Å². The zero-order valence-electron chi connectivity index (χ0n) is 36.4. The Morgan fingerprint density at radius 2 is 1.75 bits per heavy atom. The van der Waals surface area contributed by atoms with Crippen molar-refractivity contribution in [3.05, 3.63) is 112 Å². The summed E-state index contributed by atoms with van der Waals surface area (Å²) >= 11 is 0. The highest BCUT2D eigenvalue weighted by Gasteiger charge is 2.65. The molecule has 2 amide bonds. The number of aliphatic hydroxyl groups is 2. The number of hydrogen-bond donors (Lipinski definition) is 3. The number of carbonyl (C=O) groups excluding carboxylic acids is 2. The van der Waals surface area contributed by atoms with E-state index in [9.17, 15) is 25.1 Å². The van der Waals surface area contributed by atoms with Crippen molar-refractivity contribution in [3.63, 3.8) is 0 Å². The van der Waals surface area contributed by atoms with Crippen molar-refractivity contribution in [1.82, 2.24) is 10.2 Å². The summed E-state index contributed by atoms with van der Waals surface area (Å²) in [5.74, 6) is -0.971. The largest absolute Gasteiger partial charge is 0.459 e. The average Bonchev–Trinajstić information content (AvgIpc) is 3.77. The van der Waals surface area contributed by atoms with E-state index < -0.39 is 28.8 Å². The van der Waals surface area contributed by atoms with Crippen molar-refractivity contribution in [3.8, 4) is 23.0 Å². The highest BCUT2D eigenvalue weighted by atomic mass is 16.7. The van der Waals surface area contributed by atoms with E-state index in [1.165, 1.54) is 12.1 Å². The predicted octanol–water partition coefficient (Wildman–Crippen LogP) is 7.82. The number of unbranched alkanes of at least 4 members (excludes halogenated alkanes) is 2. The van der Waals surface area contributed by atoms with Crippen LogP contribution in [0.4, 0.5) is 10.5 Å². The average molecular weight is 883 g/mol. The monoisotopic (exact) mass is 882 g/mol. The van der Waals surface area contributed by atoms with Gasteiger partial charge in [-0.15, -0.1) is 6.58 Å². The van der Waals surface area contributed by atoms with Gasteiger partial charge in [0.1, 0.15) is 24.1 Å². The predicted molar refractivity (Wildman–Crippen MR) is 236 cm³/mol. The molecule has 2 aliphatic carbocycles. The van der Waals surface area contributed by atoms with Gasteiger partial charge in [0, 0.05) is 61.9 Å². The molecule has 2 heterocycles. The van der Waals surface area contributed by atoms with E-state index in [0.29, 0.717) is 72.2 Å². The molecule has 4 aliphatic rings. The van der Waals surface area contributed by atoms with Crippen LogP contribution >= 0.6 is 0 Å². The summed E-state index contributed by atoms with van der Waals surface area (Å²) in [6.07, 6.45) is 8.21. The van der Waals surface area contributed by atoms with Gasteiger partial charge in [0.25, 0.3) is 11.6 Å². The second-order valence-corrected chi connectivity index (χ2v) is 16.5. The maximum atomic E-state index is 15.1. The number of rotatable bonds is 21. The number of fused-ring (bicyclic) bond motifs is 3. The molecule has 3 aromatic rings. The van der Waals surface area contributed by atoms with Gasteiger partial charge >= 0.3 is 6.09 Å². The molecule has 3 N–H and O–H groups in total. The summed E-state index contributed by atoms with van der Waals surface area (Å²) in [5, 5.41) is 38.8. The van der Waals surface area contributed by atoms with Crippen LogP contribution in [0.25, 0.3) is 0 Å². The lowest BCUT2D eigenvalue weighted by Crippen LogP contribution is -2.70. The standard InChI is InChI=1S/C48H58N4O12/c1-4-21-51(46(55)33-15-19-41-42(26-33)60-30-59-41)43-28-39(50-62-29-31-13-16-34(17-14-31)52(57)58)37-25-32(11-7-9-22-53)36(12-8-10-23-54)44-38-27-35(63-47(56)49-6-3)18-20-40(38)64-48(43,45(37)44)61-24-5-2/h5,13-20,25-27,32,36,43-45,53-54H,2,4,6-12,21-24,28-30H2,1,3H3,(H,49,56)/t32-,36+,43-,44+,45+,48+/m0/s1. The zero-order valence-corrected chi connectivity index (χ0v) is 36.4. The molecule has 0 saturated heterocycles. The third-order valence-electron chi connectivity index (χ3n) is 12.5. The maximum Gasteiger partial charge on any atom is 0.412 e. The van der Waals surface area contributed by atoms with Gasteiger partial charge in [-0.2, -0.15) is 0 Å². The highest BCUT2D eigenvalue weighted by molar-refractivity contribution is 6.03. The van der Waals surface area contributed by atoms with Crippen molar-refractivity contribution in [1.29, 1.82) is 0 Å². The fraction of sp³-hybridized carbons (Fsp3) is 0.479. The molecule has 0 unspecified atom stereocenters. The van der Waals surface area contributed by atoms with Crippen molar-refractivity contribution < 1.29 is 53.2 Å². The molecule has 0 spiro atoms. The second-order valence-electron chi connectivity index (χ2n) is 16.5. The smallest absolute Gasteiger partial charge is 0.412 e. The van der Waals surface area contributed by atoms with Crippen LogP contribution in [-0.2, 0) is 16.2 Å². The van der Waals surface area contributed by atoms with Crippen LogP contribution in [0.1, 0.15) is 92.6 Å². The van der Waals surface area contributed by atoms with Crippen LogP contribution in [-0.4, -0.2) is 89.3 Å². The summed E-state index contributed by atoms with van der Waals surface area (Å²) in [4.78, 5) is 46.7. The number of ether oxygens (including phenoxy) is 5. The van der Waals surface area contributed by atoms with Crippen molar-refractivity contribution >= 4 is 23.4 Å². The molecule has 0 radical (unpaired) electrons. The van der Waals surface area contributed by atoms with Gasteiger partial charge in [0.05, 0.1) is 23.2 Å². The maximum absolute atomic E-state index is 15.1. The molecule has 6 atom stereocenters. The summed E-state index contributed by atoms with van der Waals surface area (Å²) in [6, 6.07) is 15.8. The van der Waals surface area contributed by atoms with Gasteiger partial charge in [-0.05, 0) is 111 Å². The molecule has 64 heavy (non-hydrogen) atoms. The molecule has 2 aliphatic heterocycles. The Balaban J connectivity index is 1.43. The topological polar surface area (TPSA) is 201 Å². The Morgan fingerprint density at radius 1 is 1.00 bits per heavy atom. The summed E-state index contributed by atoms with van der Waals surface area (Å²) in [5.41, 5.74) is 3.23. The van der Waals surface area contributed by atoms with Gasteiger partial charge in [0.2, 0.25) is 12.6 Å². The number of carbonyl (C=O) groups is 2. The number of nitro groups is 1. The molecule has 1 saturated carbocycles. The lowest BCUT2D eigenvalue weighted by molar-refractivity contribution is -0.384. The Labute approximate surface area is 372 Å². The van der Waals surface area contributed by atoms with Gasteiger partial charge in [-0.3, -0.25) is 14.9 Å². The van der Waals surface area contributed by atoms with Crippen LogP contribution in [0.2, 0.25) is 0 Å². The molecule has 1 fully saturated rings. The number of allylic oxidation sites excluding steroid dienone is 1. The van der Waals surface area contributed by atoms with Crippen LogP contribution < -0.4 is 24.3 Å². The zero-order chi connectivity index (χ0) is 45.2. The minimum absolute atomic E-state index is 0.0179. The van der Waals surface area contributed by atoms with E-state index in [0.717, 1.165) is 36.8 Å². The lowest BCUT2D eigenvalue weighted by Gasteiger charge is -2.60. The number of nitrogens with zero attached hydrogens (tertiary/aromatic N) is 3. The SMILES string of the molecule is C=CCO[C@@]12Oc3ccc(OC(=O)NCC)cc3[C@H]3[C@H](CCCCO)[C@@H](CCCCO)C=C(C(=NOCc4ccc([N+](=O)[O-])cc4)C[C@@H]1N(CCC)C(=O)c1ccc4c(c1)OCO4)[C@H]32. The van der Waals surface area contributed by atoms with E-state index in [1.54, 1.807) is 53.4 Å². The molecule has 3 aromatic carbocycles. The Bertz CT molecular complexity index is 2210. The first-order chi connectivity index (χ1) is 31.2. The molecule has 0 aromatic heterocycles. The molecule has 7 rings (SSSR count). The number of benzene rings is 3. The summed E-state index contributed by atoms with van der Waals surface area (Å²) in [7, 11) is 0. The van der Waals surface area contributed by atoms with Gasteiger partial charge in [0.15, 0.2) is 11.5 Å². The number of non-ortho nitro benzene ring substituents is 1. The van der Waals surface area contributed by atoms with E-state index in [2.05, 4.69) is 18.0 Å². The number of nitrogens with one attached hydrogen (secondary N) is 1. The second kappa shape index (κ2) is 21.1. The highest BCUT2D eigenvalue weighted by Crippen LogP contribution is 2.62. The van der Waals surface area contributed by atoms with Gasteiger partial charge < -0.3 is 49.0 Å². The van der Waals surface area contributed by atoms with Crippen LogP contribution in [0.3, 0.4) is 0 Å².